The van der Waals surface area contributed by atoms with Crippen LogP contribution in [-0.4, -0.2) is 53.0 Å². The molecule has 4 N–H and O–H groups in total. The Hall–Kier alpha value is -3.62. The van der Waals surface area contributed by atoms with Gasteiger partial charge in [0.1, 0.15) is 5.84 Å². The summed E-state index contributed by atoms with van der Waals surface area (Å²) in [5, 5.41) is 10.4. The first kappa shape index (κ1) is 24.5. The molecule has 1 fully saturated rings. The highest BCUT2D eigenvalue weighted by Crippen LogP contribution is 2.38. The van der Waals surface area contributed by atoms with Gasteiger partial charge in [-0.25, -0.2) is 4.31 Å². The molecule has 3 aromatic rings. The molecule has 0 atom stereocenters. The molecule has 0 spiro atoms. The van der Waals surface area contributed by atoms with Crippen molar-refractivity contribution < 1.29 is 9.59 Å². The quantitative estimate of drug-likeness (QED) is 0.244. The minimum Gasteiger partial charge on any atom is -0.384 e. The lowest BCUT2D eigenvalue weighted by Crippen LogP contribution is -2.51. The number of nitrogens with two attached hydrogens (primary N) is 1. The van der Waals surface area contributed by atoms with Crippen LogP contribution in [0.1, 0.15) is 27.5 Å². The Bertz CT molecular complexity index is 1120. The van der Waals surface area contributed by atoms with Crippen LogP contribution in [0.25, 0.3) is 0 Å². The van der Waals surface area contributed by atoms with E-state index in [1.54, 1.807) is 29.0 Å². The zero-order valence-corrected chi connectivity index (χ0v) is 20.2. The summed E-state index contributed by atoms with van der Waals surface area (Å²) in [6.07, 6.45) is 0. The highest BCUT2D eigenvalue weighted by atomic mass is 32.2. The van der Waals surface area contributed by atoms with Crippen LogP contribution in [0, 0.1) is 5.41 Å². The van der Waals surface area contributed by atoms with Gasteiger partial charge in [-0.3, -0.25) is 15.0 Å². The number of carbonyl (C=O) groups is 2. The number of nitrogens with one attached hydrogen (secondary N) is 2. The summed E-state index contributed by atoms with van der Waals surface area (Å²) in [7, 11) is 0. The Kier molecular flexibility index (Phi) is 8.18. The van der Waals surface area contributed by atoms with Crippen molar-refractivity contribution in [3.8, 4) is 0 Å². The average Bonchev–Trinajstić information content (AvgIpc) is 2.89. The van der Waals surface area contributed by atoms with E-state index in [2.05, 4.69) is 33.9 Å². The van der Waals surface area contributed by atoms with Crippen LogP contribution in [0.2, 0.25) is 0 Å². The standard InChI is InChI=1S/C27H29N5O2S/c28-27(29)23-13-11-20(12-14-23)17-30-24(33)18-31-15-16-32(19-25(31)34)35-26(21-7-3-1-4-8-21)22-9-5-2-6-10-22/h1-14,26H,15-19H2,(H3,28,29)(H,30,33). The smallest absolute Gasteiger partial charge is 0.239 e. The molecule has 2 amide bonds. The van der Waals surface area contributed by atoms with Crippen LogP contribution >= 0.6 is 11.9 Å². The predicted octanol–water partition coefficient (Wildman–Crippen LogP) is 3.17. The summed E-state index contributed by atoms with van der Waals surface area (Å²) in [5.74, 6) is -0.235. The summed E-state index contributed by atoms with van der Waals surface area (Å²) >= 11 is 1.67. The van der Waals surface area contributed by atoms with Gasteiger partial charge in [0.2, 0.25) is 11.8 Å². The fourth-order valence-corrected chi connectivity index (χ4v) is 5.12. The van der Waals surface area contributed by atoms with Crippen molar-refractivity contribution in [2.45, 2.75) is 11.8 Å². The van der Waals surface area contributed by atoms with E-state index in [1.165, 1.54) is 11.1 Å². The number of hydrogen-bond donors (Lipinski definition) is 3. The van der Waals surface area contributed by atoms with Gasteiger partial charge in [-0.2, -0.15) is 0 Å². The summed E-state index contributed by atoms with van der Waals surface area (Å²) in [6.45, 7) is 1.86. The maximum Gasteiger partial charge on any atom is 0.239 e. The monoisotopic (exact) mass is 487 g/mol. The van der Waals surface area contributed by atoms with Crippen LogP contribution in [0.4, 0.5) is 0 Å². The van der Waals surface area contributed by atoms with E-state index >= 15 is 0 Å². The first-order valence-corrected chi connectivity index (χ1v) is 12.3. The molecule has 1 aliphatic heterocycles. The van der Waals surface area contributed by atoms with Gasteiger partial charge in [0.15, 0.2) is 0 Å². The van der Waals surface area contributed by atoms with Gasteiger partial charge in [-0.1, -0.05) is 96.9 Å². The molecule has 0 saturated carbocycles. The third-order valence-electron chi connectivity index (χ3n) is 5.83. The Morgan fingerprint density at radius 3 is 2.09 bits per heavy atom. The van der Waals surface area contributed by atoms with Crippen LogP contribution in [0.5, 0.6) is 0 Å². The van der Waals surface area contributed by atoms with Crippen molar-refractivity contribution in [3.05, 3.63) is 107 Å². The number of rotatable bonds is 9. The van der Waals surface area contributed by atoms with Crippen molar-refractivity contribution in [2.75, 3.05) is 26.2 Å². The first-order chi connectivity index (χ1) is 17.0. The zero-order chi connectivity index (χ0) is 24.6. The number of nitrogen functional groups attached to an aromatic ring is 1. The van der Waals surface area contributed by atoms with Crippen LogP contribution in [0.15, 0.2) is 84.9 Å². The molecule has 1 saturated heterocycles. The average molecular weight is 488 g/mol. The van der Waals surface area contributed by atoms with Crippen molar-refractivity contribution >= 4 is 29.6 Å². The van der Waals surface area contributed by atoms with Gasteiger partial charge in [0.25, 0.3) is 0 Å². The Labute approximate surface area is 210 Å². The van der Waals surface area contributed by atoms with Gasteiger partial charge in [-0.05, 0) is 16.7 Å². The number of piperazine rings is 1. The Morgan fingerprint density at radius 2 is 1.54 bits per heavy atom. The molecule has 0 aromatic heterocycles. The Balaban J connectivity index is 1.30. The van der Waals surface area contributed by atoms with Crippen molar-refractivity contribution in [1.29, 1.82) is 5.41 Å². The highest BCUT2D eigenvalue weighted by molar-refractivity contribution is 7.97. The molecule has 7 nitrogen and oxygen atoms in total. The minimum atomic E-state index is -0.193. The lowest BCUT2D eigenvalue weighted by atomic mass is 10.0. The summed E-state index contributed by atoms with van der Waals surface area (Å²) in [6, 6.07) is 27.7. The van der Waals surface area contributed by atoms with Crippen molar-refractivity contribution in [2.24, 2.45) is 5.73 Å². The maximum absolute atomic E-state index is 12.8. The van der Waals surface area contributed by atoms with E-state index in [1.807, 2.05) is 48.5 Å². The van der Waals surface area contributed by atoms with E-state index < -0.39 is 0 Å². The summed E-state index contributed by atoms with van der Waals surface area (Å²) in [4.78, 5) is 26.9. The van der Waals surface area contributed by atoms with Gasteiger partial charge < -0.3 is 16.0 Å². The van der Waals surface area contributed by atoms with Gasteiger partial charge in [0, 0.05) is 25.2 Å². The number of hydrogen-bond acceptors (Lipinski definition) is 5. The molecule has 3 aromatic carbocycles. The topological polar surface area (TPSA) is 103 Å². The molecule has 35 heavy (non-hydrogen) atoms. The third-order valence-corrected chi connectivity index (χ3v) is 7.20. The molecule has 0 aliphatic carbocycles. The number of amidine groups is 1. The molecule has 0 radical (unpaired) electrons. The normalized spacial score (nSPS) is 14.2. The molecule has 8 heteroatoms. The van der Waals surface area contributed by atoms with E-state index in [0.717, 1.165) is 5.56 Å². The van der Waals surface area contributed by atoms with Gasteiger partial charge in [-0.15, -0.1) is 0 Å². The van der Waals surface area contributed by atoms with Crippen molar-refractivity contribution in [3.63, 3.8) is 0 Å². The second kappa shape index (κ2) is 11.7. The van der Waals surface area contributed by atoms with Gasteiger partial charge in [0.05, 0.1) is 18.3 Å². The van der Waals surface area contributed by atoms with E-state index in [4.69, 9.17) is 11.1 Å². The highest BCUT2D eigenvalue weighted by Gasteiger charge is 2.28. The summed E-state index contributed by atoms with van der Waals surface area (Å²) < 4.78 is 2.10. The lowest BCUT2D eigenvalue weighted by Gasteiger charge is -2.35. The number of benzene rings is 3. The number of carbonyl (C=O) groups excluding carboxylic acids is 2. The second-order valence-electron chi connectivity index (χ2n) is 8.37. The molecule has 1 heterocycles. The largest absolute Gasteiger partial charge is 0.384 e. The fraction of sp³-hybridized carbons (Fsp3) is 0.222. The molecule has 1 aliphatic rings. The molecule has 4 rings (SSSR count). The molecular weight excluding hydrogens is 458 g/mol. The number of amides is 2. The third kappa shape index (κ3) is 6.71. The van der Waals surface area contributed by atoms with E-state index in [9.17, 15) is 9.59 Å². The van der Waals surface area contributed by atoms with Crippen molar-refractivity contribution in [1.82, 2.24) is 14.5 Å². The van der Waals surface area contributed by atoms with Crippen LogP contribution in [-0.2, 0) is 16.1 Å². The van der Waals surface area contributed by atoms with E-state index in [-0.39, 0.29) is 36.0 Å². The molecule has 0 bridgehead atoms. The first-order valence-electron chi connectivity index (χ1n) is 11.5. The van der Waals surface area contributed by atoms with Gasteiger partial charge >= 0.3 is 0 Å². The second-order valence-corrected chi connectivity index (χ2v) is 9.57. The Morgan fingerprint density at radius 1 is 0.943 bits per heavy atom. The molecular formula is C27H29N5O2S. The fourth-order valence-electron chi connectivity index (χ4n) is 3.90. The number of nitrogens with zero attached hydrogens (tertiary/aromatic N) is 2. The molecule has 0 unspecified atom stereocenters. The molecule has 180 valence electrons. The SMILES string of the molecule is N=C(N)c1ccc(CNC(=O)CN2CCN(SC(c3ccccc3)c3ccccc3)CC2=O)cc1. The lowest BCUT2D eigenvalue weighted by molar-refractivity contribution is -0.138. The maximum atomic E-state index is 12.8. The van der Waals surface area contributed by atoms with Crippen LogP contribution in [0.3, 0.4) is 0 Å². The summed E-state index contributed by atoms with van der Waals surface area (Å²) in [5.41, 5.74) is 9.40. The predicted molar refractivity (Wildman–Crippen MR) is 140 cm³/mol. The van der Waals surface area contributed by atoms with E-state index in [0.29, 0.717) is 25.2 Å². The zero-order valence-electron chi connectivity index (χ0n) is 19.4. The minimum absolute atomic E-state index is 0.00950. The van der Waals surface area contributed by atoms with Crippen LogP contribution < -0.4 is 11.1 Å².